The molecular weight excluding hydrogens is 390 g/mol. The highest BCUT2D eigenvalue weighted by Gasteiger charge is 2.21. The summed E-state index contributed by atoms with van der Waals surface area (Å²) in [6, 6.07) is 21.4. The van der Waals surface area contributed by atoms with Crippen molar-refractivity contribution in [3.8, 4) is 23.2 Å². The molecule has 0 saturated carbocycles. The largest absolute Gasteiger partial charge is 0.478 e. The summed E-state index contributed by atoms with van der Waals surface area (Å²) >= 11 is 0. The highest BCUT2D eigenvalue weighted by molar-refractivity contribution is 6.02. The summed E-state index contributed by atoms with van der Waals surface area (Å²) in [5, 5.41) is 19.1. The third-order valence-electron chi connectivity index (χ3n) is 5.39. The second kappa shape index (κ2) is 8.33. The van der Waals surface area contributed by atoms with Gasteiger partial charge in [-0.3, -0.25) is 4.57 Å². The van der Waals surface area contributed by atoms with Crippen molar-refractivity contribution in [1.29, 1.82) is 5.26 Å². The lowest BCUT2D eigenvalue weighted by atomic mass is 9.99. The van der Waals surface area contributed by atoms with Gasteiger partial charge in [-0.1, -0.05) is 55.5 Å². The van der Waals surface area contributed by atoms with Crippen LogP contribution in [0.5, 0.6) is 6.01 Å². The fourth-order valence-corrected chi connectivity index (χ4v) is 3.84. The van der Waals surface area contributed by atoms with E-state index in [1.807, 2.05) is 55.5 Å². The standard InChI is InChI=1S/C25H21N3O3/c1-3-17-12-13-21(24(29)30)23-22(17)27-25(31-2)28(23)15-16-8-10-18(11-9-16)20-7-5-4-6-19(20)14-26/h4-13H,3,15H2,1-2H3,(H,29,30). The quantitative estimate of drug-likeness (QED) is 0.488. The van der Waals surface area contributed by atoms with Crippen molar-refractivity contribution in [3.63, 3.8) is 0 Å². The molecule has 0 amide bonds. The lowest BCUT2D eigenvalue weighted by molar-refractivity contribution is 0.0698. The topological polar surface area (TPSA) is 88.1 Å². The Kier molecular flexibility index (Phi) is 5.42. The molecule has 0 fully saturated rings. The normalized spacial score (nSPS) is 10.7. The first-order valence-corrected chi connectivity index (χ1v) is 9.95. The summed E-state index contributed by atoms with van der Waals surface area (Å²) < 4.78 is 7.28. The predicted octanol–water partition coefficient (Wildman–Crippen LogP) is 4.89. The van der Waals surface area contributed by atoms with Crippen molar-refractivity contribution < 1.29 is 14.6 Å². The molecule has 6 nitrogen and oxygen atoms in total. The summed E-state index contributed by atoms with van der Waals surface area (Å²) in [7, 11) is 1.53. The number of carboxylic acid groups (broad SMARTS) is 1. The number of aromatic carboxylic acids is 1. The van der Waals surface area contributed by atoms with Crippen molar-refractivity contribution in [2.75, 3.05) is 7.11 Å². The molecule has 4 rings (SSSR count). The first-order chi connectivity index (χ1) is 15.1. The summed E-state index contributed by atoms with van der Waals surface area (Å²) in [4.78, 5) is 16.4. The summed E-state index contributed by atoms with van der Waals surface area (Å²) in [5.74, 6) is -1.00. The number of nitriles is 1. The maximum Gasteiger partial charge on any atom is 0.337 e. The molecule has 0 atom stereocenters. The van der Waals surface area contributed by atoms with Crippen LogP contribution in [0, 0.1) is 11.3 Å². The number of hydrogen-bond acceptors (Lipinski definition) is 4. The molecule has 1 heterocycles. The van der Waals surface area contributed by atoms with Crippen LogP contribution in [0.15, 0.2) is 60.7 Å². The number of methoxy groups -OCH3 is 1. The summed E-state index contributed by atoms with van der Waals surface area (Å²) in [6.07, 6.45) is 0.740. The molecule has 1 N–H and O–H groups in total. The smallest absolute Gasteiger partial charge is 0.337 e. The van der Waals surface area contributed by atoms with Gasteiger partial charge in [0, 0.05) is 0 Å². The van der Waals surface area contributed by atoms with E-state index in [-0.39, 0.29) is 5.56 Å². The number of aryl methyl sites for hydroxylation is 1. The zero-order valence-corrected chi connectivity index (χ0v) is 17.3. The molecule has 4 aromatic rings. The Balaban J connectivity index is 1.78. The van der Waals surface area contributed by atoms with E-state index in [0.29, 0.717) is 29.2 Å². The molecule has 0 unspecified atom stereocenters. The number of imidazole rings is 1. The van der Waals surface area contributed by atoms with Crippen molar-refractivity contribution in [2.24, 2.45) is 0 Å². The van der Waals surface area contributed by atoms with Gasteiger partial charge in [-0.15, -0.1) is 0 Å². The molecule has 3 aromatic carbocycles. The summed E-state index contributed by atoms with van der Waals surface area (Å²) in [6.45, 7) is 2.42. The number of fused-ring (bicyclic) bond motifs is 1. The molecule has 0 aliphatic heterocycles. The van der Waals surface area contributed by atoms with Gasteiger partial charge in [0.05, 0.1) is 41.9 Å². The Bertz CT molecular complexity index is 1310. The van der Waals surface area contributed by atoms with Gasteiger partial charge in [0.25, 0.3) is 6.01 Å². The van der Waals surface area contributed by atoms with Crippen LogP contribution in [-0.2, 0) is 13.0 Å². The fourth-order valence-electron chi connectivity index (χ4n) is 3.84. The van der Waals surface area contributed by atoms with E-state index >= 15 is 0 Å². The average molecular weight is 411 g/mol. The SMILES string of the molecule is CCc1ccc(C(=O)O)c2c1nc(OC)n2Cc1ccc(-c2ccccc2C#N)cc1. The van der Waals surface area contributed by atoms with Gasteiger partial charge in [0.2, 0.25) is 0 Å². The fraction of sp³-hybridized carbons (Fsp3) is 0.160. The van der Waals surface area contributed by atoms with Gasteiger partial charge >= 0.3 is 5.97 Å². The lowest BCUT2D eigenvalue weighted by Gasteiger charge is -2.11. The van der Waals surface area contributed by atoms with Gasteiger partial charge in [-0.05, 0) is 40.8 Å². The number of rotatable bonds is 6. The zero-order chi connectivity index (χ0) is 22.0. The first kappa shape index (κ1) is 20.2. The second-order valence-corrected chi connectivity index (χ2v) is 7.17. The maximum atomic E-state index is 11.9. The van der Waals surface area contributed by atoms with Crippen molar-refractivity contribution >= 4 is 17.0 Å². The Morgan fingerprint density at radius 1 is 1.13 bits per heavy atom. The van der Waals surface area contributed by atoms with Crippen LogP contribution in [0.3, 0.4) is 0 Å². The number of benzene rings is 3. The molecular formula is C25H21N3O3. The number of hydrogen-bond donors (Lipinski definition) is 1. The molecule has 0 aliphatic rings. The number of carboxylic acids is 1. The number of nitrogens with zero attached hydrogens (tertiary/aromatic N) is 3. The highest BCUT2D eigenvalue weighted by atomic mass is 16.5. The van der Waals surface area contributed by atoms with Crippen LogP contribution >= 0.6 is 0 Å². The maximum absolute atomic E-state index is 11.9. The Labute approximate surface area is 180 Å². The minimum absolute atomic E-state index is 0.197. The van der Waals surface area contributed by atoms with Gasteiger partial charge < -0.3 is 9.84 Å². The molecule has 0 saturated heterocycles. The van der Waals surface area contributed by atoms with Crippen LogP contribution in [-0.4, -0.2) is 27.7 Å². The summed E-state index contributed by atoms with van der Waals surface area (Å²) in [5.41, 5.74) is 5.79. The number of carbonyl (C=O) groups is 1. The molecule has 1 aromatic heterocycles. The van der Waals surface area contributed by atoms with Crippen molar-refractivity contribution in [1.82, 2.24) is 9.55 Å². The minimum Gasteiger partial charge on any atom is -0.478 e. The van der Waals surface area contributed by atoms with Crippen molar-refractivity contribution in [2.45, 2.75) is 19.9 Å². The average Bonchev–Trinajstić information content (AvgIpc) is 3.17. The zero-order valence-electron chi connectivity index (χ0n) is 17.3. The third-order valence-corrected chi connectivity index (χ3v) is 5.39. The Morgan fingerprint density at radius 2 is 1.87 bits per heavy atom. The van der Waals surface area contributed by atoms with E-state index in [1.165, 1.54) is 7.11 Å². The van der Waals surface area contributed by atoms with E-state index < -0.39 is 5.97 Å². The van der Waals surface area contributed by atoms with Gasteiger partial charge in [-0.25, -0.2) is 4.79 Å². The highest BCUT2D eigenvalue weighted by Crippen LogP contribution is 2.30. The van der Waals surface area contributed by atoms with E-state index in [4.69, 9.17) is 4.74 Å². The van der Waals surface area contributed by atoms with Crippen LogP contribution in [0.4, 0.5) is 0 Å². The van der Waals surface area contributed by atoms with Crippen LogP contribution in [0.2, 0.25) is 0 Å². The van der Waals surface area contributed by atoms with E-state index in [2.05, 4.69) is 11.1 Å². The van der Waals surface area contributed by atoms with Crippen LogP contribution in [0.1, 0.15) is 34.0 Å². The molecule has 0 aliphatic carbocycles. The van der Waals surface area contributed by atoms with Gasteiger partial charge in [0.15, 0.2) is 0 Å². The Hall–Kier alpha value is -4.11. The number of aromatic nitrogens is 2. The Morgan fingerprint density at radius 3 is 2.52 bits per heavy atom. The monoisotopic (exact) mass is 411 g/mol. The van der Waals surface area contributed by atoms with E-state index in [9.17, 15) is 15.2 Å². The van der Waals surface area contributed by atoms with E-state index in [1.54, 1.807) is 16.7 Å². The number of ether oxygens (including phenoxy) is 1. The molecule has 154 valence electrons. The van der Waals surface area contributed by atoms with E-state index in [0.717, 1.165) is 28.7 Å². The lowest BCUT2D eigenvalue weighted by Crippen LogP contribution is -2.07. The van der Waals surface area contributed by atoms with Crippen LogP contribution < -0.4 is 4.74 Å². The van der Waals surface area contributed by atoms with Gasteiger partial charge in [0.1, 0.15) is 0 Å². The molecule has 6 heteroatoms. The minimum atomic E-state index is -1.00. The second-order valence-electron chi connectivity index (χ2n) is 7.17. The molecule has 0 bridgehead atoms. The van der Waals surface area contributed by atoms with Crippen molar-refractivity contribution in [3.05, 3.63) is 82.9 Å². The van der Waals surface area contributed by atoms with Gasteiger partial charge in [-0.2, -0.15) is 10.2 Å². The molecule has 31 heavy (non-hydrogen) atoms. The third kappa shape index (κ3) is 3.62. The first-order valence-electron chi connectivity index (χ1n) is 9.95. The predicted molar refractivity (Wildman–Crippen MR) is 118 cm³/mol. The molecule has 0 radical (unpaired) electrons. The van der Waals surface area contributed by atoms with Crippen LogP contribution in [0.25, 0.3) is 22.2 Å². The molecule has 0 spiro atoms.